The molecule has 0 aliphatic carbocycles. The van der Waals surface area contributed by atoms with Crippen molar-refractivity contribution >= 4 is 27.5 Å². The van der Waals surface area contributed by atoms with Crippen molar-refractivity contribution in [3.05, 3.63) is 34.2 Å². The van der Waals surface area contributed by atoms with Crippen LogP contribution in [0.4, 0.5) is 5.69 Å². The number of ether oxygens (including phenoxy) is 1. The van der Waals surface area contributed by atoms with Gasteiger partial charge in [0.25, 0.3) is 5.91 Å². The van der Waals surface area contributed by atoms with Crippen molar-refractivity contribution in [2.75, 3.05) is 12.4 Å². The summed E-state index contributed by atoms with van der Waals surface area (Å²) < 4.78 is 7.32. The first-order valence-corrected chi connectivity index (χ1v) is 6.32. The zero-order valence-electron chi connectivity index (χ0n) is 10.8. The van der Waals surface area contributed by atoms with Crippen molar-refractivity contribution < 1.29 is 9.53 Å². The van der Waals surface area contributed by atoms with Gasteiger partial charge in [-0.3, -0.25) is 4.79 Å². The van der Waals surface area contributed by atoms with Crippen LogP contribution in [0.1, 0.15) is 16.1 Å². The molecule has 2 aromatic heterocycles. The van der Waals surface area contributed by atoms with Crippen LogP contribution in [0.2, 0.25) is 0 Å². The van der Waals surface area contributed by atoms with E-state index in [1.807, 2.05) is 13.0 Å². The molecule has 0 radical (unpaired) electrons. The van der Waals surface area contributed by atoms with E-state index in [0.717, 1.165) is 10.2 Å². The van der Waals surface area contributed by atoms with Crippen molar-refractivity contribution in [1.29, 1.82) is 0 Å². The van der Waals surface area contributed by atoms with Crippen molar-refractivity contribution in [3.63, 3.8) is 0 Å². The molecule has 2 heterocycles. The molecule has 6 nitrogen and oxygen atoms in total. The molecule has 7 heteroatoms. The van der Waals surface area contributed by atoms with E-state index in [9.17, 15) is 4.79 Å². The standard InChI is InChI=1S/C12H13BrN4O2/c1-7-4-8(6-14-11(7)13)15-12(18)9-5-10(19-3)17(2)16-9/h4-6H,1-3H3,(H,15,18). The third-order valence-electron chi connectivity index (χ3n) is 2.55. The molecule has 0 aliphatic rings. The lowest BCUT2D eigenvalue weighted by molar-refractivity contribution is 0.102. The minimum atomic E-state index is -0.303. The molecule has 0 aromatic carbocycles. The van der Waals surface area contributed by atoms with E-state index in [2.05, 4.69) is 31.3 Å². The molecule has 0 saturated heterocycles. The number of halogens is 1. The van der Waals surface area contributed by atoms with Gasteiger partial charge in [0.1, 0.15) is 4.60 Å². The van der Waals surface area contributed by atoms with E-state index >= 15 is 0 Å². The lowest BCUT2D eigenvalue weighted by Gasteiger charge is -2.04. The SMILES string of the molecule is COc1cc(C(=O)Nc2cnc(Br)c(C)c2)nn1C. The highest BCUT2D eigenvalue weighted by Gasteiger charge is 2.13. The number of methoxy groups -OCH3 is 1. The second-order valence-electron chi connectivity index (χ2n) is 3.98. The third-order valence-corrected chi connectivity index (χ3v) is 3.38. The molecule has 1 N–H and O–H groups in total. The Hall–Kier alpha value is -1.89. The molecule has 0 aliphatic heterocycles. The fourth-order valence-electron chi connectivity index (χ4n) is 1.57. The van der Waals surface area contributed by atoms with E-state index in [1.165, 1.54) is 11.8 Å². The predicted molar refractivity (Wildman–Crippen MR) is 74.4 cm³/mol. The van der Waals surface area contributed by atoms with Crippen LogP contribution >= 0.6 is 15.9 Å². The van der Waals surface area contributed by atoms with Gasteiger partial charge in [-0.05, 0) is 34.5 Å². The number of nitrogens with one attached hydrogen (secondary N) is 1. The number of amides is 1. The Morgan fingerprint density at radius 1 is 1.47 bits per heavy atom. The number of rotatable bonds is 3. The Bertz CT molecular complexity index is 624. The van der Waals surface area contributed by atoms with Crippen LogP contribution in [0.15, 0.2) is 22.9 Å². The molecule has 0 atom stereocenters. The lowest BCUT2D eigenvalue weighted by atomic mass is 10.3. The maximum absolute atomic E-state index is 12.0. The first-order valence-electron chi connectivity index (χ1n) is 5.53. The number of nitrogens with zero attached hydrogens (tertiary/aromatic N) is 3. The van der Waals surface area contributed by atoms with E-state index < -0.39 is 0 Å². The average molecular weight is 325 g/mol. The van der Waals surface area contributed by atoms with Gasteiger partial charge in [-0.25, -0.2) is 9.67 Å². The Balaban J connectivity index is 2.18. The molecule has 2 rings (SSSR count). The monoisotopic (exact) mass is 324 g/mol. The largest absolute Gasteiger partial charge is 0.481 e. The Morgan fingerprint density at radius 2 is 2.21 bits per heavy atom. The van der Waals surface area contributed by atoms with Crippen LogP contribution in [0.5, 0.6) is 5.88 Å². The first-order chi connectivity index (χ1) is 9.01. The molecule has 1 amide bonds. The predicted octanol–water partition coefficient (Wildman–Crippen LogP) is 2.15. The zero-order valence-corrected chi connectivity index (χ0v) is 12.4. The number of anilines is 1. The Labute approximate surface area is 118 Å². The second-order valence-corrected chi connectivity index (χ2v) is 4.73. The van der Waals surface area contributed by atoms with Gasteiger partial charge < -0.3 is 10.1 Å². The van der Waals surface area contributed by atoms with Gasteiger partial charge in [-0.15, -0.1) is 0 Å². The van der Waals surface area contributed by atoms with Gasteiger partial charge in [0, 0.05) is 13.1 Å². The van der Waals surface area contributed by atoms with Crippen molar-refractivity contribution in [2.24, 2.45) is 7.05 Å². The van der Waals surface area contributed by atoms with Crippen molar-refractivity contribution in [3.8, 4) is 5.88 Å². The number of carbonyl (C=O) groups is 1. The van der Waals surface area contributed by atoms with E-state index in [1.54, 1.807) is 19.3 Å². The molecule has 0 bridgehead atoms. The van der Waals surface area contributed by atoms with Crippen LogP contribution in [-0.4, -0.2) is 27.8 Å². The summed E-state index contributed by atoms with van der Waals surface area (Å²) in [6, 6.07) is 3.41. The van der Waals surface area contributed by atoms with Gasteiger partial charge in [0.15, 0.2) is 5.69 Å². The van der Waals surface area contributed by atoms with Gasteiger partial charge >= 0.3 is 0 Å². The van der Waals surface area contributed by atoms with Crippen LogP contribution in [-0.2, 0) is 7.05 Å². The van der Waals surface area contributed by atoms with Gasteiger partial charge in [-0.2, -0.15) is 5.10 Å². The summed E-state index contributed by atoms with van der Waals surface area (Å²) in [7, 11) is 3.24. The minimum Gasteiger partial charge on any atom is -0.481 e. The second kappa shape index (κ2) is 5.40. The number of aryl methyl sites for hydroxylation is 2. The van der Waals surface area contributed by atoms with Gasteiger partial charge in [0.2, 0.25) is 5.88 Å². The average Bonchev–Trinajstić information content (AvgIpc) is 2.75. The van der Waals surface area contributed by atoms with E-state index in [-0.39, 0.29) is 5.91 Å². The fourth-order valence-corrected chi connectivity index (χ4v) is 1.79. The van der Waals surface area contributed by atoms with Crippen LogP contribution < -0.4 is 10.1 Å². The van der Waals surface area contributed by atoms with Crippen LogP contribution in [0.3, 0.4) is 0 Å². The highest BCUT2D eigenvalue weighted by Crippen LogP contribution is 2.18. The fraction of sp³-hybridized carbons (Fsp3) is 0.250. The molecule has 0 unspecified atom stereocenters. The molecular formula is C12H13BrN4O2. The summed E-state index contributed by atoms with van der Waals surface area (Å²) in [6.07, 6.45) is 1.58. The molecule has 0 saturated carbocycles. The van der Waals surface area contributed by atoms with E-state index in [0.29, 0.717) is 17.3 Å². The summed E-state index contributed by atoms with van der Waals surface area (Å²) >= 11 is 3.31. The summed E-state index contributed by atoms with van der Waals surface area (Å²) in [5.74, 6) is 0.220. The van der Waals surface area contributed by atoms with Gasteiger partial charge in [0.05, 0.1) is 19.0 Å². The van der Waals surface area contributed by atoms with Gasteiger partial charge in [-0.1, -0.05) is 0 Å². The lowest BCUT2D eigenvalue weighted by Crippen LogP contribution is -2.13. The maximum Gasteiger partial charge on any atom is 0.276 e. The highest BCUT2D eigenvalue weighted by molar-refractivity contribution is 9.10. The number of carbonyl (C=O) groups excluding carboxylic acids is 1. The summed E-state index contributed by atoms with van der Waals surface area (Å²) in [5.41, 5.74) is 1.85. The smallest absolute Gasteiger partial charge is 0.276 e. The number of aromatic nitrogens is 3. The van der Waals surface area contributed by atoms with Crippen LogP contribution in [0, 0.1) is 6.92 Å². The molecule has 2 aromatic rings. The normalized spacial score (nSPS) is 10.3. The molecule has 0 spiro atoms. The number of hydrogen-bond acceptors (Lipinski definition) is 4. The Morgan fingerprint density at radius 3 is 2.79 bits per heavy atom. The number of hydrogen-bond donors (Lipinski definition) is 1. The summed E-state index contributed by atoms with van der Waals surface area (Å²) in [4.78, 5) is 16.1. The number of pyridine rings is 1. The van der Waals surface area contributed by atoms with Crippen molar-refractivity contribution in [1.82, 2.24) is 14.8 Å². The summed E-state index contributed by atoms with van der Waals surface area (Å²) in [6.45, 7) is 1.90. The summed E-state index contributed by atoms with van der Waals surface area (Å²) in [5, 5.41) is 6.80. The third kappa shape index (κ3) is 2.93. The zero-order chi connectivity index (χ0) is 14.0. The molecule has 0 fully saturated rings. The molecular weight excluding hydrogens is 312 g/mol. The quantitative estimate of drug-likeness (QED) is 0.878. The minimum absolute atomic E-state index is 0.292. The first kappa shape index (κ1) is 13.5. The van der Waals surface area contributed by atoms with Crippen molar-refractivity contribution in [2.45, 2.75) is 6.92 Å². The molecule has 19 heavy (non-hydrogen) atoms. The topological polar surface area (TPSA) is 69.0 Å². The highest BCUT2D eigenvalue weighted by atomic mass is 79.9. The maximum atomic E-state index is 12.0. The Kier molecular flexibility index (Phi) is 3.84. The van der Waals surface area contributed by atoms with Crippen LogP contribution in [0.25, 0.3) is 0 Å². The molecule has 100 valence electrons. The van der Waals surface area contributed by atoms with E-state index in [4.69, 9.17) is 4.74 Å².